The topological polar surface area (TPSA) is 12.0 Å². The van der Waals surface area contributed by atoms with E-state index in [2.05, 4.69) is 19.2 Å². The van der Waals surface area contributed by atoms with Crippen LogP contribution in [0.5, 0.6) is 0 Å². The van der Waals surface area contributed by atoms with Crippen molar-refractivity contribution in [2.45, 2.75) is 46.1 Å². The van der Waals surface area contributed by atoms with Gasteiger partial charge in [0.15, 0.2) is 0 Å². The van der Waals surface area contributed by atoms with Gasteiger partial charge in [-0.15, -0.1) is 0 Å². The van der Waals surface area contributed by atoms with Crippen LogP contribution in [0.15, 0.2) is 12.1 Å². The van der Waals surface area contributed by atoms with Gasteiger partial charge in [-0.3, -0.25) is 0 Å². The molecule has 1 saturated carbocycles. The SMILES string of the molecule is CCCNC(c1cc(F)c(C)cc1F)C(C)C1CC1. The van der Waals surface area contributed by atoms with E-state index >= 15 is 0 Å². The summed E-state index contributed by atoms with van der Waals surface area (Å²) in [6.45, 7) is 6.65. The van der Waals surface area contributed by atoms with Gasteiger partial charge >= 0.3 is 0 Å². The maximum absolute atomic E-state index is 14.1. The zero-order chi connectivity index (χ0) is 14.0. The van der Waals surface area contributed by atoms with E-state index in [-0.39, 0.29) is 17.7 Å². The standard InChI is InChI=1S/C16H23F2N/c1-4-7-19-16(11(3)12-5-6-12)13-9-14(17)10(2)8-15(13)18/h8-9,11-12,16,19H,4-7H2,1-3H3. The number of rotatable bonds is 6. The highest BCUT2D eigenvalue weighted by Gasteiger charge is 2.35. The maximum Gasteiger partial charge on any atom is 0.128 e. The average Bonchev–Trinajstić information content (AvgIpc) is 3.19. The molecule has 3 heteroatoms. The summed E-state index contributed by atoms with van der Waals surface area (Å²) in [7, 11) is 0. The minimum absolute atomic E-state index is 0.0810. The second-order valence-electron chi connectivity index (χ2n) is 5.75. The van der Waals surface area contributed by atoms with E-state index in [0.717, 1.165) is 13.0 Å². The molecule has 106 valence electrons. The van der Waals surface area contributed by atoms with Gasteiger partial charge in [0, 0.05) is 11.6 Å². The number of halogens is 2. The van der Waals surface area contributed by atoms with Crippen molar-refractivity contribution in [3.8, 4) is 0 Å². The van der Waals surface area contributed by atoms with E-state index in [4.69, 9.17) is 0 Å². The van der Waals surface area contributed by atoms with Gasteiger partial charge in [-0.25, -0.2) is 8.78 Å². The Morgan fingerprint density at radius 3 is 2.53 bits per heavy atom. The number of benzene rings is 1. The summed E-state index contributed by atoms with van der Waals surface area (Å²) >= 11 is 0. The molecule has 1 N–H and O–H groups in total. The van der Waals surface area contributed by atoms with Crippen molar-refractivity contribution in [1.82, 2.24) is 5.32 Å². The zero-order valence-corrected chi connectivity index (χ0v) is 12.0. The first kappa shape index (κ1) is 14.4. The Morgan fingerprint density at radius 1 is 1.26 bits per heavy atom. The van der Waals surface area contributed by atoms with Crippen LogP contribution in [0.2, 0.25) is 0 Å². The monoisotopic (exact) mass is 267 g/mol. The highest BCUT2D eigenvalue weighted by atomic mass is 19.1. The molecule has 1 nitrogen and oxygen atoms in total. The summed E-state index contributed by atoms with van der Waals surface area (Å²) in [6, 6.07) is 2.60. The molecule has 0 bridgehead atoms. The molecule has 2 atom stereocenters. The average molecular weight is 267 g/mol. The normalized spacial score (nSPS) is 18.4. The van der Waals surface area contributed by atoms with Gasteiger partial charge < -0.3 is 5.32 Å². The largest absolute Gasteiger partial charge is 0.310 e. The molecule has 1 aromatic carbocycles. The molecule has 0 heterocycles. The molecule has 1 aliphatic carbocycles. The van der Waals surface area contributed by atoms with Crippen molar-refractivity contribution in [2.75, 3.05) is 6.54 Å². The van der Waals surface area contributed by atoms with Crippen molar-refractivity contribution in [3.05, 3.63) is 34.9 Å². The number of aryl methyl sites for hydroxylation is 1. The highest BCUT2D eigenvalue weighted by Crippen LogP contribution is 2.43. The highest BCUT2D eigenvalue weighted by molar-refractivity contribution is 5.28. The molecule has 0 radical (unpaired) electrons. The third-order valence-electron chi connectivity index (χ3n) is 4.12. The smallest absolute Gasteiger partial charge is 0.128 e. The van der Waals surface area contributed by atoms with Crippen molar-refractivity contribution >= 4 is 0 Å². The van der Waals surface area contributed by atoms with Crippen LogP contribution in [-0.4, -0.2) is 6.54 Å². The van der Waals surface area contributed by atoms with Gasteiger partial charge in [0.25, 0.3) is 0 Å². The van der Waals surface area contributed by atoms with Gasteiger partial charge in [0.2, 0.25) is 0 Å². The molecule has 0 aliphatic heterocycles. The molecule has 2 unspecified atom stereocenters. The first-order valence-corrected chi connectivity index (χ1v) is 7.23. The fourth-order valence-electron chi connectivity index (χ4n) is 2.67. The Labute approximate surface area is 114 Å². The van der Waals surface area contributed by atoms with Crippen LogP contribution in [0.1, 0.15) is 50.3 Å². The predicted molar refractivity (Wildman–Crippen MR) is 74.0 cm³/mol. The molecule has 0 aromatic heterocycles. The summed E-state index contributed by atoms with van der Waals surface area (Å²) in [4.78, 5) is 0. The lowest BCUT2D eigenvalue weighted by Gasteiger charge is -2.26. The Hall–Kier alpha value is -0.960. The number of nitrogens with one attached hydrogen (secondary N) is 1. The molecule has 1 aromatic rings. The van der Waals surface area contributed by atoms with E-state index in [0.29, 0.717) is 23.0 Å². The molecule has 19 heavy (non-hydrogen) atoms. The Kier molecular flexibility index (Phi) is 4.56. The van der Waals surface area contributed by atoms with Crippen molar-refractivity contribution in [2.24, 2.45) is 11.8 Å². The third-order valence-corrected chi connectivity index (χ3v) is 4.12. The lowest BCUT2D eigenvalue weighted by Crippen LogP contribution is -2.29. The molecular weight excluding hydrogens is 244 g/mol. The van der Waals surface area contributed by atoms with E-state index < -0.39 is 0 Å². The van der Waals surface area contributed by atoms with Crippen LogP contribution < -0.4 is 5.32 Å². The fraction of sp³-hybridized carbons (Fsp3) is 0.625. The molecule has 1 aliphatic rings. The van der Waals surface area contributed by atoms with Gasteiger partial charge in [0.1, 0.15) is 11.6 Å². The number of hydrogen-bond acceptors (Lipinski definition) is 1. The predicted octanol–water partition coefficient (Wildman–Crippen LogP) is 4.36. The van der Waals surface area contributed by atoms with E-state index in [1.807, 2.05) is 0 Å². The van der Waals surface area contributed by atoms with Gasteiger partial charge in [-0.2, -0.15) is 0 Å². The van der Waals surface area contributed by atoms with Crippen molar-refractivity contribution in [3.63, 3.8) is 0 Å². The summed E-state index contributed by atoms with van der Waals surface area (Å²) < 4.78 is 27.9. The van der Waals surface area contributed by atoms with Crippen LogP contribution in [0.25, 0.3) is 0 Å². The summed E-state index contributed by atoms with van der Waals surface area (Å²) in [5.74, 6) is 0.393. The zero-order valence-electron chi connectivity index (χ0n) is 12.0. The second-order valence-corrected chi connectivity index (χ2v) is 5.75. The minimum atomic E-state index is -0.317. The van der Waals surface area contributed by atoms with Crippen molar-refractivity contribution < 1.29 is 8.78 Å². The van der Waals surface area contributed by atoms with Crippen LogP contribution in [0.4, 0.5) is 8.78 Å². The molecule has 2 rings (SSSR count). The molecule has 0 spiro atoms. The molecular formula is C16H23F2N. The second kappa shape index (κ2) is 6.00. The summed E-state index contributed by atoms with van der Waals surface area (Å²) in [5.41, 5.74) is 0.852. The van der Waals surface area contributed by atoms with Gasteiger partial charge in [-0.05, 0) is 62.3 Å². The summed E-state index contributed by atoms with van der Waals surface area (Å²) in [5, 5.41) is 3.39. The van der Waals surface area contributed by atoms with Crippen LogP contribution in [0.3, 0.4) is 0 Å². The molecule has 0 amide bonds. The van der Waals surface area contributed by atoms with Crippen molar-refractivity contribution in [1.29, 1.82) is 0 Å². The molecule has 1 fully saturated rings. The van der Waals surface area contributed by atoms with Crippen LogP contribution in [-0.2, 0) is 0 Å². The maximum atomic E-state index is 14.1. The minimum Gasteiger partial charge on any atom is -0.310 e. The van der Waals surface area contributed by atoms with Crippen LogP contribution >= 0.6 is 0 Å². The lowest BCUT2D eigenvalue weighted by atomic mass is 9.89. The van der Waals surface area contributed by atoms with E-state index in [9.17, 15) is 8.78 Å². The van der Waals surface area contributed by atoms with Crippen LogP contribution in [0, 0.1) is 30.4 Å². The van der Waals surface area contributed by atoms with Gasteiger partial charge in [-0.1, -0.05) is 13.8 Å². The quantitative estimate of drug-likeness (QED) is 0.807. The first-order valence-electron chi connectivity index (χ1n) is 7.23. The first-order chi connectivity index (χ1) is 9.04. The Balaban J connectivity index is 2.28. The van der Waals surface area contributed by atoms with E-state index in [1.54, 1.807) is 6.92 Å². The molecule has 0 saturated heterocycles. The third kappa shape index (κ3) is 3.33. The number of hydrogen-bond donors (Lipinski definition) is 1. The van der Waals surface area contributed by atoms with Gasteiger partial charge in [0.05, 0.1) is 0 Å². The Bertz CT molecular complexity index is 441. The fourth-order valence-corrected chi connectivity index (χ4v) is 2.67. The summed E-state index contributed by atoms with van der Waals surface area (Å²) in [6.07, 6.45) is 3.41. The lowest BCUT2D eigenvalue weighted by molar-refractivity contribution is 0.339. The van der Waals surface area contributed by atoms with E-state index in [1.165, 1.54) is 25.0 Å². The Morgan fingerprint density at radius 2 is 1.95 bits per heavy atom.